The summed E-state index contributed by atoms with van der Waals surface area (Å²) < 4.78 is 7.21. The number of rotatable bonds is 5. The number of ether oxygens (including phenoxy) is 1. The molecule has 154 valence electrons. The number of benzene rings is 1. The van der Waals surface area contributed by atoms with Gasteiger partial charge in [-0.05, 0) is 25.8 Å². The van der Waals surface area contributed by atoms with E-state index in [0.29, 0.717) is 25.6 Å². The maximum Gasteiger partial charge on any atom is 0.311 e. The van der Waals surface area contributed by atoms with Crippen molar-refractivity contribution in [1.29, 1.82) is 0 Å². The molecule has 0 aliphatic carbocycles. The highest BCUT2D eigenvalue weighted by Crippen LogP contribution is 2.43. The zero-order valence-corrected chi connectivity index (χ0v) is 17.2. The highest BCUT2D eigenvalue weighted by atomic mass is 16.5. The van der Waals surface area contributed by atoms with Crippen LogP contribution in [0, 0.1) is 5.92 Å². The molecule has 0 unspecified atom stereocenters. The summed E-state index contributed by atoms with van der Waals surface area (Å²) in [7, 11) is 1.42. The Hall–Kier alpha value is -2.67. The third kappa shape index (κ3) is 3.67. The van der Waals surface area contributed by atoms with Crippen LogP contribution in [-0.4, -0.2) is 57.5 Å². The lowest BCUT2D eigenvalue weighted by atomic mass is 9.93. The predicted molar refractivity (Wildman–Crippen MR) is 108 cm³/mol. The van der Waals surface area contributed by atoms with Crippen molar-refractivity contribution in [1.82, 2.24) is 19.4 Å². The van der Waals surface area contributed by atoms with Gasteiger partial charge in [-0.2, -0.15) is 0 Å². The molecule has 2 aromatic rings. The van der Waals surface area contributed by atoms with Crippen molar-refractivity contribution in [2.24, 2.45) is 5.92 Å². The van der Waals surface area contributed by atoms with Crippen molar-refractivity contribution in [2.75, 3.05) is 20.2 Å². The van der Waals surface area contributed by atoms with E-state index in [1.165, 1.54) is 7.11 Å². The maximum absolute atomic E-state index is 13.2. The van der Waals surface area contributed by atoms with Gasteiger partial charge in [-0.3, -0.25) is 14.5 Å². The summed E-state index contributed by atoms with van der Waals surface area (Å²) in [6, 6.07) is 9.89. The van der Waals surface area contributed by atoms with Gasteiger partial charge in [0, 0.05) is 31.4 Å². The van der Waals surface area contributed by atoms with Crippen molar-refractivity contribution in [2.45, 2.75) is 44.9 Å². The number of hydrogen-bond donors (Lipinski definition) is 0. The first-order valence-electron chi connectivity index (χ1n) is 10.2. The average molecular weight is 396 g/mol. The number of aromatic nitrogens is 2. The van der Waals surface area contributed by atoms with Gasteiger partial charge in [-0.25, -0.2) is 4.98 Å². The van der Waals surface area contributed by atoms with Gasteiger partial charge in [0.1, 0.15) is 0 Å². The second-order valence-corrected chi connectivity index (χ2v) is 8.23. The van der Waals surface area contributed by atoms with Crippen LogP contribution in [0.15, 0.2) is 42.9 Å². The lowest BCUT2D eigenvalue weighted by Gasteiger charge is -2.40. The SMILES string of the molecule is COC(=O)[C@H]1C[C@H]2CN(Cc3cncn3C(C)C)CC(=O)N2[C@H]1c1ccccc1. The number of carbonyl (C=O) groups is 2. The lowest BCUT2D eigenvalue weighted by molar-refractivity contribution is -0.147. The van der Waals surface area contributed by atoms with E-state index in [4.69, 9.17) is 4.74 Å². The fourth-order valence-corrected chi connectivity index (χ4v) is 4.80. The van der Waals surface area contributed by atoms with Crippen molar-refractivity contribution >= 4 is 11.9 Å². The Morgan fingerprint density at radius 2 is 2.03 bits per heavy atom. The van der Waals surface area contributed by atoms with Gasteiger partial charge in [0.15, 0.2) is 0 Å². The van der Waals surface area contributed by atoms with E-state index < -0.39 is 0 Å². The third-order valence-electron chi connectivity index (χ3n) is 6.05. The van der Waals surface area contributed by atoms with Gasteiger partial charge >= 0.3 is 5.97 Å². The number of fused-ring (bicyclic) bond motifs is 1. The largest absolute Gasteiger partial charge is 0.469 e. The predicted octanol–water partition coefficient (Wildman–Crippen LogP) is 2.41. The van der Waals surface area contributed by atoms with Crippen molar-refractivity contribution in [3.8, 4) is 0 Å². The van der Waals surface area contributed by atoms with Crippen LogP contribution in [0.25, 0.3) is 0 Å². The van der Waals surface area contributed by atoms with Crippen LogP contribution >= 0.6 is 0 Å². The number of methoxy groups -OCH3 is 1. The molecule has 2 fully saturated rings. The quantitative estimate of drug-likeness (QED) is 0.726. The van der Waals surface area contributed by atoms with E-state index in [1.807, 2.05) is 47.8 Å². The molecule has 3 heterocycles. The van der Waals surface area contributed by atoms with E-state index >= 15 is 0 Å². The number of piperazine rings is 1. The molecule has 0 bridgehead atoms. The van der Waals surface area contributed by atoms with Crippen LogP contribution in [0.4, 0.5) is 0 Å². The summed E-state index contributed by atoms with van der Waals surface area (Å²) in [5, 5.41) is 0. The molecule has 1 amide bonds. The summed E-state index contributed by atoms with van der Waals surface area (Å²) in [5.74, 6) is -0.514. The van der Waals surface area contributed by atoms with Gasteiger partial charge in [-0.1, -0.05) is 30.3 Å². The van der Waals surface area contributed by atoms with Crippen LogP contribution in [0.3, 0.4) is 0 Å². The molecule has 0 spiro atoms. The molecule has 7 heteroatoms. The molecule has 0 N–H and O–H groups in total. The first kappa shape index (κ1) is 19.6. The van der Waals surface area contributed by atoms with E-state index in [0.717, 1.165) is 17.8 Å². The second-order valence-electron chi connectivity index (χ2n) is 8.23. The number of imidazole rings is 1. The van der Waals surface area contributed by atoms with Crippen LogP contribution in [0.5, 0.6) is 0 Å². The first-order valence-corrected chi connectivity index (χ1v) is 10.2. The molecule has 1 aromatic carbocycles. The van der Waals surface area contributed by atoms with Gasteiger partial charge < -0.3 is 14.2 Å². The average Bonchev–Trinajstić information content (AvgIpc) is 3.33. The Labute approximate surface area is 171 Å². The Bertz CT molecular complexity index is 879. The molecule has 0 saturated carbocycles. The fourth-order valence-electron chi connectivity index (χ4n) is 4.80. The Kier molecular flexibility index (Phi) is 5.41. The number of carbonyl (C=O) groups excluding carboxylic acids is 2. The van der Waals surface area contributed by atoms with Crippen molar-refractivity contribution in [3.63, 3.8) is 0 Å². The van der Waals surface area contributed by atoms with E-state index in [9.17, 15) is 9.59 Å². The maximum atomic E-state index is 13.2. The summed E-state index contributed by atoms with van der Waals surface area (Å²) in [4.78, 5) is 34.1. The number of amides is 1. The number of hydrogen-bond acceptors (Lipinski definition) is 5. The summed E-state index contributed by atoms with van der Waals surface area (Å²) in [5.41, 5.74) is 2.09. The first-order chi connectivity index (χ1) is 14.0. The molecule has 2 saturated heterocycles. The molecular weight excluding hydrogens is 368 g/mol. The Morgan fingerprint density at radius 3 is 2.72 bits per heavy atom. The topological polar surface area (TPSA) is 67.7 Å². The summed E-state index contributed by atoms with van der Waals surface area (Å²) in [6.45, 7) is 6.00. The molecule has 1 aromatic heterocycles. The zero-order valence-electron chi connectivity index (χ0n) is 17.2. The molecule has 29 heavy (non-hydrogen) atoms. The van der Waals surface area contributed by atoms with Gasteiger partial charge in [0.05, 0.1) is 37.6 Å². The van der Waals surface area contributed by atoms with Gasteiger partial charge in [-0.15, -0.1) is 0 Å². The minimum Gasteiger partial charge on any atom is -0.469 e. The third-order valence-corrected chi connectivity index (χ3v) is 6.05. The molecular formula is C22H28N4O3. The van der Waals surface area contributed by atoms with Crippen molar-refractivity contribution < 1.29 is 14.3 Å². The minimum atomic E-state index is -0.336. The minimum absolute atomic E-state index is 0.000905. The molecule has 3 atom stereocenters. The zero-order chi connectivity index (χ0) is 20.5. The van der Waals surface area contributed by atoms with Crippen LogP contribution in [0.1, 0.15) is 43.6 Å². The highest BCUT2D eigenvalue weighted by molar-refractivity contribution is 5.83. The number of esters is 1. The van der Waals surface area contributed by atoms with Gasteiger partial charge in [0.25, 0.3) is 0 Å². The highest BCUT2D eigenvalue weighted by Gasteiger charge is 2.50. The van der Waals surface area contributed by atoms with Crippen molar-refractivity contribution in [3.05, 3.63) is 54.1 Å². The molecule has 7 nitrogen and oxygen atoms in total. The second kappa shape index (κ2) is 7.99. The standard InChI is InChI=1S/C22H28N4O3/c1-15(2)25-14-23-10-18(25)12-24-11-17-9-19(22(28)29-3)21(26(17)20(27)13-24)16-7-5-4-6-8-16/h4-8,10,14-15,17,19,21H,9,11-13H2,1-3H3/t17-,19-,21-/m0/s1. The lowest BCUT2D eigenvalue weighted by Crippen LogP contribution is -2.54. The van der Waals surface area contributed by atoms with E-state index in [-0.39, 0.29) is 29.9 Å². The summed E-state index contributed by atoms with van der Waals surface area (Å²) >= 11 is 0. The Morgan fingerprint density at radius 1 is 1.28 bits per heavy atom. The van der Waals surface area contributed by atoms with Crippen LogP contribution in [0.2, 0.25) is 0 Å². The Balaban J connectivity index is 1.58. The number of nitrogens with zero attached hydrogens (tertiary/aromatic N) is 4. The molecule has 2 aliphatic heterocycles. The van der Waals surface area contributed by atoms with Crippen LogP contribution in [-0.2, 0) is 20.9 Å². The van der Waals surface area contributed by atoms with E-state index in [2.05, 4.69) is 28.3 Å². The monoisotopic (exact) mass is 396 g/mol. The van der Waals surface area contributed by atoms with Crippen LogP contribution < -0.4 is 0 Å². The van der Waals surface area contributed by atoms with Gasteiger partial charge in [0.2, 0.25) is 5.91 Å². The fraction of sp³-hybridized carbons (Fsp3) is 0.500. The molecule has 2 aliphatic rings. The molecule has 0 radical (unpaired) electrons. The molecule has 4 rings (SSSR count). The summed E-state index contributed by atoms with van der Waals surface area (Å²) in [6.07, 6.45) is 4.33. The normalized spacial score (nSPS) is 24.8. The smallest absolute Gasteiger partial charge is 0.311 e. The van der Waals surface area contributed by atoms with E-state index in [1.54, 1.807) is 0 Å².